The summed E-state index contributed by atoms with van der Waals surface area (Å²) in [5, 5.41) is 9.76. The highest BCUT2D eigenvalue weighted by Crippen LogP contribution is 2.36. The average Bonchev–Trinajstić information content (AvgIpc) is 2.60. The second-order valence-corrected chi connectivity index (χ2v) is 5.46. The maximum absolute atomic E-state index is 11.2. The Hall–Kier alpha value is -2.79. The summed E-state index contributed by atoms with van der Waals surface area (Å²) in [6.07, 6.45) is 1.24. The lowest BCUT2D eigenvalue weighted by Gasteiger charge is -2.13. The minimum Gasteiger partial charge on any atom is -0.493 e. The van der Waals surface area contributed by atoms with Gasteiger partial charge in [-0.3, -0.25) is 4.98 Å². The molecule has 2 aromatic carbocycles. The summed E-state index contributed by atoms with van der Waals surface area (Å²) in [4.78, 5) is 15.3. The highest BCUT2D eigenvalue weighted by atomic mass is 35.5. The van der Waals surface area contributed by atoms with Crippen LogP contribution in [0.2, 0.25) is 5.02 Å². The first-order valence-corrected chi connectivity index (χ1v) is 7.54. The molecule has 5 nitrogen and oxygen atoms in total. The number of aromatic nitrogens is 1. The molecule has 0 fully saturated rings. The highest BCUT2D eigenvalue weighted by molar-refractivity contribution is 6.38. The van der Waals surface area contributed by atoms with E-state index in [0.29, 0.717) is 29.0 Å². The Morgan fingerprint density at radius 3 is 2.62 bits per heavy atom. The quantitative estimate of drug-likeness (QED) is 0.752. The molecule has 0 unspecified atom stereocenters. The maximum Gasteiger partial charge on any atom is 0.338 e. The fraction of sp³-hybridized carbons (Fsp3) is 0.111. The Labute approximate surface area is 143 Å². The van der Waals surface area contributed by atoms with Gasteiger partial charge in [0.2, 0.25) is 0 Å². The fourth-order valence-corrected chi connectivity index (χ4v) is 2.61. The topological polar surface area (TPSA) is 68.7 Å². The third-order valence-corrected chi connectivity index (χ3v) is 3.96. The van der Waals surface area contributed by atoms with E-state index in [2.05, 4.69) is 4.98 Å². The number of hydrogen-bond donors (Lipinski definition) is 1. The van der Waals surface area contributed by atoms with E-state index >= 15 is 0 Å². The molecule has 0 saturated carbocycles. The standard InChI is InChI=1S/C18H14ClNO4/c1-23-15-7-12-14(20-9-13(17(12)19)18(21)22)8-16(15)24-10-11-5-3-2-4-6-11/h2-9H,10H2,1H3,(H,21,22). The van der Waals surface area contributed by atoms with Gasteiger partial charge in [0.15, 0.2) is 11.5 Å². The van der Waals surface area contributed by atoms with Crippen LogP contribution in [0, 0.1) is 0 Å². The predicted molar refractivity (Wildman–Crippen MR) is 91.0 cm³/mol. The van der Waals surface area contributed by atoms with Gasteiger partial charge in [-0.05, 0) is 11.6 Å². The number of carbonyl (C=O) groups is 1. The molecule has 3 aromatic rings. The van der Waals surface area contributed by atoms with Crippen molar-refractivity contribution in [1.82, 2.24) is 4.98 Å². The summed E-state index contributed by atoms with van der Waals surface area (Å²) in [5.41, 5.74) is 1.50. The maximum atomic E-state index is 11.2. The van der Waals surface area contributed by atoms with Gasteiger partial charge < -0.3 is 14.6 Å². The van der Waals surface area contributed by atoms with Crippen molar-refractivity contribution in [2.75, 3.05) is 7.11 Å². The number of rotatable bonds is 5. The zero-order valence-corrected chi connectivity index (χ0v) is 13.6. The van der Waals surface area contributed by atoms with Crippen LogP contribution >= 0.6 is 11.6 Å². The van der Waals surface area contributed by atoms with E-state index in [9.17, 15) is 4.79 Å². The third kappa shape index (κ3) is 3.12. The first-order chi connectivity index (χ1) is 11.6. The van der Waals surface area contributed by atoms with Gasteiger partial charge >= 0.3 is 5.97 Å². The Balaban J connectivity index is 1.99. The Kier molecular flexibility index (Phi) is 4.53. The average molecular weight is 344 g/mol. The van der Waals surface area contributed by atoms with Crippen molar-refractivity contribution < 1.29 is 19.4 Å². The molecular weight excluding hydrogens is 330 g/mol. The molecule has 0 aliphatic carbocycles. The van der Waals surface area contributed by atoms with Gasteiger partial charge in [0.25, 0.3) is 0 Å². The van der Waals surface area contributed by atoms with Crippen LogP contribution in [-0.4, -0.2) is 23.2 Å². The molecule has 0 aliphatic rings. The first kappa shape index (κ1) is 16.1. The van der Waals surface area contributed by atoms with Gasteiger partial charge in [-0.25, -0.2) is 4.79 Å². The van der Waals surface area contributed by atoms with Crippen LogP contribution < -0.4 is 9.47 Å². The van der Waals surface area contributed by atoms with E-state index < -0.39 is 5.97 Å². The zero-order valence-electron chi connectivity index (χ0n) is 12.8. The van der Waals surface area contributed by atoms with Gasteiger partial charge in [0.1, 0.15) is 6.61 Å². The van der Waals surface area contributed by atoms with E-state index in [0.717, 1.165) is 5.56 Å². The largest absolute Gasteiger partial charge is 0.493 e. The van der Waals surface area contributed by atoms with Crippen molar-refractivity contribution in [2.24, 2.45) is 0 Å². The summed E-state index contributed by atoms with van der Waals surface area (Å²) in [7, 11) is 1.51. The second-order valence-electron chi connectivity index (χ2n) is 5.09. The molecule has 3 rings (SSSR count). The number of methoxy groups -OCH3 is 1. The molecule has 1 heterocycles. The molecule has 0 atom stereocenters. The molecule has 0 saturated heterocycles. The minimum atomic E-state index is -1.13. The van der Waals surface area contributed by atoms with Crippen molar-refractivity contribution in [2.45, 2.75) is 6.61 Å². The first-order valence-electron chi connectivity index (χ1n) is 7.16. The molecule has 0 spiro atoms. The number of ether oxygens (including phenoxy) is 2. The SMILES string of the molecule is COc1cc2c(Cl)c(C(=O)O)cnc2cc1OCc1ccccc1. The van der Waals surface area contributed by atoms with Gasteiger partial charge in [-0.15, -0.1) is 0 Å². The van der Waals surface area contributed by atoms with E-state index in [4.69, 9.17) is 26.2 Å². The Bertz CT molecular complexity index is 896. The number of carboxylic acids is 1. The molecule has 1 N–H and O–H groups in total. The highest BCUT2D eigenvalue weighted by Gasteiger charge is 2.16. The number of hydrogen-bond acceptors (Lipinski definition) is 4. The smallest absolute Gasteiger partial charge is 0.338 e. The number of aromatic carboxylic acids is 1. The number of fused-ring (bicyclic) bond motifs is 1. The van der Waals surface area contributed by atoms with Crippen LogP contribution in [0.25, 0.3) is 10.9 Å². The predicted octanol–water partition coefficient (Wildman–Crippen LogP) is 4.17. The van der Waals surface area contributed by atoms with Crippen LogP contribution in [0.15, 0.2) is 48.7 Å². The molecule has 1 aromatic heterocycles. The third-order valence-electron chi connectivity index (χ3n) is 3.56. The normalized spacial score (nSPS) is 10.6. The number of benzene rings is 2. The number of nitrogens with zero attached hydrogens (tertiary/aromatic N) is 1. The molecule has 122 valence electrons. The summed E-state index contributed by atoms with van der Waals surface area (Å²) in [6.45, 7) is 0.379. The lowest BCUT2D eigenvalue weighted by molar-refractivity contribution is 0.0697. The summed E-state index contributed by atoms with van der Waals surface area (Å²) >= 11 is 6.17. The van der Waals surface area contributed by atoms with Crippen molar-refractivity contribution in [1.29, 1.82) is 0 Å². The van der Waals surface area contributed by atoms with Crippen molar-refractivity contribution in [3.05, 3.63) is 64.8 Å². The molecule has 0 aliphatic heterocycles. The fourth-order valence-electron chi connectivity index (χ4n) is 2.32. The molecule has 0 amide bonds. The van der Waals surface area contributed by atoms with Gasteiger partial charge in [0.05, 0.1) is 23.2 Å². The van der Waals surface area contributed by atoms with E-state index in [1.807, 2.05) is 30.3 Å². The molecule has 0 radical (unpaired) electrons. The van der Waals surface area contributed by atoms with Gasteiger partial charge in [0, 0.05) is 17.6 Å². The Morgan fingerprint density at radius 2 is 1.96 bits per heavy atom. The number of carboxylic acid groups (broad SMARTS) is 1. The summed E-state index contributed by atoms with van der Waals surface area (Å²) < 4.78 is 11.2. The monoisotopic (exact) mass is 343 g/mol. The lowest BCUT2D eigenvalue weighted by atomic mass is 10.1. The summed E-state index contributed by atoms with van der Waals surface area (Å²) in [6, 6.07) is 13.1. The van der Waals surface area contributed by atoms with Crippen LogP contribution in [0.1, 0.15) is 15.9 Å². The summed E-state index contributed by atoms with van der Waals surface area (Å²) in [5.74, 6) is -0.150. The minimum absolute atomic E-state index is 0.0517. The van der Waals surface area contributed by atoms with Crippen molar-refractivity contribution in [3.63, 3.8) is 0 Å². The van der Waals surface area contributed by atoms with Crippen LogP contribution in [0.5, 0.6) is 11.5 Å². The lowest BCUT2D eigenvalue weighted by Crippen LogP contribution is -2.01. The van der Waals surface area contributed by atoms with Crippen LogP contribution in [0.4, 0.5) is 0 Å². The van der Waals surface area contributed by atoms with Gasteiger partial charge in [-0.1, -0.05) is 41.9 Å². The van der Waals surface area contributed by atoms with E-state index in [-0.39, 0.29) is 10.6 Å². The second kappa shape index (κ2) is 6.76. The number of pyridine rings is 1. The molecular formula is C18H14ClNO4. The van der Waals surface area contributed by atoms with E-state index in [1.165, 1.54) is 13.3 Å². The molecule has 24 heavy (non-hydrogen) atoms. The molecule has 6 heteroatoms. The molecule has 0 bridgehead atoms. The van der Waals surface area contributed by atoms with E-state index in [1.54, 1.807) is 12.1 Å². The Morgan fingerprint density at radius 1 is 1.21 bits per heavy atom. The van der Waals surface area contributed by atoms with Crippen molar-refractivity contribution >= 4 is 28.5 Å². The van der Waals surface area contributed by atoms with Crippen molar-refractivity contribution in [3.8, 4) is 11.5 Å². The zero-order chi connectivity index (χ0) is 17.1. The van der Waals surface area contributed by atoms with Gasteiger partial charge in [-0.2, -0.15) is 0 Å². The van der Waals surface area contributed by atoms with Crippen LogP contribution in [-0.2, 0) is 6.61 Å². The number of halogens is 1. The van der Waals surface area contributed by atoms with Crippen LogP contribution in [0.3, 0.4) is 0 Å².